The second-order valence-corrected chi connectivity index (χ2v) is 6.71. The van der Waals surface area contributed by atoms with Crippen LogP contribution in [0, 0.1) is 0 Å². The Bertz CT molecular complexity index is 702. The highest BCUT2D eigenvalue weighted by atomic mass is 35.5. The fourth-order valence-corrected chi connectivity index (χ4v) is 2.67. The molecule has 0 aliphatic carbocycles. The van der Waals surface area contributed by atoms with Crippen molar-refractivity contribution in [2.75, 3.05) is 0 Å². The summed E-state index contributed by atoms with van der Waals surface area (Å²) < 4.78 is 5.60. The summed E-state index contributed by atoms with van der Waals surface area (Å²) in [6.07, 6.45) is 0.420. The first-order valence-corrected chi connectivity index (χ1v) is 8.59. The third kappa shape index (κ3) is 6.16. The lowest BCUT2D eigenvalue weighted by Crippen LogP contribution is -2.24. The predicted octanol–water partition coefficient (Wildman–Crippen LogP) is 4.78. The Kier molecular flexibility index (Phi) is 7.10. The standard InChI is InChI=1S/C19H21Cl2NO2/c1-13(2)24-12-15-5-3-4-14(8-15)11-22-19(23)9-16-6-7-17(20)10-18(16)21/h3-8,10,13H,9,11-12H2,1-2H3,(H,22,23). The highest BCUT2D eigenvalue weighted by Gasteiger charge is 2.08. The smallest absolute Gasteiger partial charge is 0.224 e. The van der Waals surface area contributed by atoms with Crippen molar-refractivity contribution in [3.05, 3.63) is 69.2 Å². The van der Waals surface area contributed by atoms with Gasteiger partial charge in [0.15, 0.2) is 0 Å². The molecule has 0 atom stereocenters. The first-order chi connectivity index (χ1) is 11.4. The summed E-state index contributed by atoms with van der Waals surface area (Å²) in [6, 6.07) is 13.1. The molecule has 0 aliphatic heterocycles. The molecule has 5 heteroatoms. The number of ether oxygens (including phenoxy) is 1. The van der Waals surface area contributed by atoms with Gasteiger partial charge < -0.3 is 10.1 Å². The Balaban J connectivity index is 1.88. The van der Waals surface area contributed by atoms with E-state index in [1.807, 2.05) is 38.1 Å². The monoisotopic (exact) mass is 365 g/mol. The van der Waals surface area contributed by atoms with Gasteiger partial charge >= 0.3 is 0 Å². The Morgan fingerprint density at radius 1 is 1.12 bits per heavy atom. The van der Waals surface area contributed by atoms with Crippen LogP contribution in [-0.2, 0) is 29.1 Å². The zero-order valence-corrected chi connectivity index (χ0v) is 15.3. The van der Waals surface area contributed by atoms with Gasteiger partial charge in [-0.05, 0) is 42.7 Å². The molecule has 1 N–H and O–H groups in total. The minimum absolute atomic E-state index is 0.0805. The van der Waals surface area contributed by atoms with E-state index in [0.29, 0.717) is 23.2 Å². The van der Waals surface area contributed by atoms with Gasteiger partial charge in [-0.3, -0.25) is 4.79 Å². The van der Waals surface area contributed by atoms with E-state index in [2.05, 4.69) is 5.32 Å². The molecule has 2 aromatic carbocycles. The molecular weight excluding hydrogens is 345 g/mol. The number of hydrogen-bond acceptors (Lipinski definition) is 2. The molecule has 3 nitrogen and oxygen atoms in total. The SMILES string of the molecule is CC(C)OCc1cccc(CNC(=O)Cc2ccc(Cl)cc2Cl)c1. The van der Waals surface area contributed by atoms with Gasteiger partial charge in [-0.15, -0.1) is 0 Å². The van der Waals surface area contributed by atoms with E-state index in [0.717, 1.165) is 16.7 Å². The second kappa shape index (κ2) is 9.07. The summed E-state index contributed by atoms with van der Waals surface area (Å²) in [7, 11) is 0. The van der Waals surface area contributed by atoms with Gasteiger partial charge in [0.1, 0.15) is 0 Å². The third-order valence-corrected chi connectivity index (χ3v) is 4.02. The normalized spacial score (nSPS) is 10.9. The third-order valence-electron chi connectivity index (χ3n) is 3.43. The Hall–Kier alpha value is -1.55. The number of halogens is 2. The largest absolute Gasteiger partial charge is 0.374 e. The molecule has 24 heavy (non-hydrogen) atoms. The second-order valence-electron chi connectivity index (χ2n) is 5.87. The highest BCUT2D eigenvalue weighted by Crippen LogP contribution is 2.21. The lowest BCUT2D eigenvalue weighted by molar-refractivity contribution is -0.120. The van der Waals surface area contributed by atoms with Crippen LogP contribution in [0.3, 0.4) is 0 Å². The van der Waals surface area contributed by atoms with E-state index >= 15 is 0 Å². The Morgan fingerprint density at radius 3 is 2.58 bits per heavy atom. The maximum atomic E-state index is 12.1. The number of rotatable bonds is 7. The lowest BCUT2D eigenvalue weighted by Gasteiger charge is -2.10. The molecule has 128 valence electrons. The van der Waals surface area contributed by atoms with Gasteiger partial charge in [0.05, 0.1) is 19.1 Å². The van der Waals surface area contributed by atoms with Crippen molar-refractivity contribution in [2.45, 2.75) is 39.5 Å². The minimum Gasteiger partial charge on any atom is -0.374 e. The lowest BCUT2D eigenvalue weighted by atomic mass is 10.1. The highest BCUT2D eigenvalue weighted by molar-refractivity contribution is 6.35. The topological polar surface area (TPSA) is 38.3 Å². The van der Waals surface area contributed by atoms with Crippen LogP contribution in [0.15, 0.2) is 42.5 Å². The van der Waals surface area contributed by atoms with Gasteiger partial charge in [0.25, 0.3) is 0 Å². The number of benzene rings is 2. The summed E-state index contributed by atoms with van der Waals surface area (Å²) in [6.45, 7) is 5.05. The van der Waals surface area contributed by atoms with Crippen LogP contribution >= 0.6 is 23.2 Å². The quantitative estimate of drug-likeness (QED) is 0.766. The molecule has 0 unspecified atom stereocenters. The van der Waals surface area contributed by atoms with E-state index in [-0.39, 0.29) is 18.4 Å². The number of carbonyl (C=O) groups excluding carboxylic acids is 1. The molecular formula is C19H21Cl2NO2. The van der Waals surface area contributed by atoms with E-state index in [1.165, 1.54) is 0 Å². The van der Waals surface area contributed by atoms with Gasteiger partial charge in [-0.25, -0.2) is 0 Å². The van der Waals surface area contributed by atoms with Crippen LogP contribution in [0.5, 0.6) is 0 Å². The molecule has 1 amide bonds. The number of amides is 1. The van der Waals surface area contributed by atoms with E-state index < -0.39 is 0 Å². The van der Waals surface area contributed by atoms with Crippen LogP contribution < -0.4 is 5.32 Å². The fraction of sp³-hybridized carbons (Fsp3) is 0.316. The summed E-state index contributed by atoms with van der Waals surface area (Å²) >= 11 is 12.0. The van der Waals surface area contributed by atoms with E-state index in [1.54, 1.807) is 18.2 Å². The van der Waals surface area contributed by atoms with Gasteiger partial charge in [-0.1, -0.05) is 53.5 Å². The summed E-state index contributed by atoms with van der Waals surface area (Å²) in [5, 5.41) is 3.97. The molecule has 2 rings (SSSR count). The van der Waals surface area contributed by atoms with Crippen LogP contribution in [-0.4, -0.2) is 12.0 Å². The molecule has 0 aromatic heterocycles. The molecule has 0 aliphatic rings. The molecule has 0 fully saturated rings. The maximum absolute atomic E-state index is 12.1. The summed E-state index contributed by atoms with van der Waals surface area (Å²) in [5.74, 6) is -0.0805. The average molecular weight is 366 g/mol. The number of carbonyl (C=O) groups is 1. The molecule has 0 heterocycles. The number of nitrogens with one attached hydrogen (secondary N) is 1. The summed E-state index contributed by atoms with van der Waals surface area (Å²) in [5.41, 5.74) is 2.89. The van der Waals surface area contributed by atoms with Crippen molar-refractivity contribution in [1.29, 1.82) is 0 Å². The maximum Gasteiger partial charge on any atom is 0.224 e. The van der Waals surface area contributed by atoms with Crippen molar-refractivity contribution in [3.8, 4) is 0 Å². The van der Waals surface area contributed by atoms with E-state index in [4.69, 9.17) is 27.9 Å². The zero-order chi connectivity index (χ0) is 17.5. The van der Waals surface area contributed by atoms with Crippen molar-refractivity contribution >= 4 is 29.1 Å². The molecule has 0 spiro atoms. The van der Waals surface area contributed by atoms with Crippen molar-refractivity contribution < 1.29 is 9.53 Å². The Morgan fingerprint density at radius 2 is 1.88 bits per heavy atom. The van der Waals surface area contributed by atoms with Gasteiger partial charge in [-0.2, -0.15) is 0 Å². The van der Waals surface area contributed by atoms with Crippen molar-refractivity contribution in [2.24, 2.45) is 0 Å². The number of hydrogen-bond donors (Lipinski definition) is 1. The first-order valence-electron chi connectivity index (χ1n) is 7.84. The van der Waals surface area contributed by atoms with Crippen molar-refractivity contribution in [3.63, 3.8) is 0 Å². The molecule has 0 bridgehead atoms. The first kappa shape index (κ1) is 18.8. The molecule has 0 radical (unpaired) electrons. The van der Waals surface area contributed by atoms with E-state index in [9.17, 15) is 4.79 Å². The van der Waals surface area contributed by atoms with Crippen LogP contribution in [0.4, 0.5) is 0 Å². The molecule has 0 saturated heterocycles. The van der Waals surface area contributed by atoms with Crippen LogP contribution in [0.1, 0.15) is 30.5 Å². The summed E-state index contributed by atoms with van der Waals surface area (Å²) in [4.78, 5) is 12.1. The minimum atomic E-state index is -0.0805. The van der Waals surface area contributed by atoms with Crippen LogP contribution in [0.2, 0.25) is 10.0 Å². The molecule has 2 aromatic rings. The van der Waals surface area contributed by atoms with Crippen LogP contribution in [0.25, 0.3) is 0 Å². The predicted molar refractivity (Wildman–Crippen MR) is 98.4 cm³/mol. The van der Waals surface area contributed by atoms with Crippen molar-refractivity contribution in [1.82, 2.24) is 5.32 Å². The Labute approximate surface area is 152 Å². The van der Waals surface area contributed by atoms with Gasteiger partial charge in [0, 0.05) is 16.6 Å². The average Bonchev–Trinajstić information content (AvgIpc) is 2.54. The zero-order valence-electron chi connectivity index (χ0n) is 13.8. The van der Waals surface area contributed by atoms with Gasteiger partial charge in [0.2, 0.25) is 5.91 Å². The molecule has 0 saturated carbocycles. The fourth-order valence-electron chi connectivity index (χ4n) is 2.19.